The van der Waals surface area contributed by atoms with Crippen molar-refractivity contribution < 1.29 is 9.47 Å². The maximum Gasteiger partial charge on any atom is 0.172 e. The first-order chi connectivity index (χ1) is 10.3. The zero-order valence-electron chi connectivity index (χ0n) is 11.8. The molecule has 0 saturated carbocycles. The van der Waals surface area contributed by atoms with E-state index in [1.807, 2.05) is 12.3 Å². The van der Waals surface area contributed by atoms with Crippen LogP contribution in [0.1, 0.15) is 28.8 Å². The second-order valence-corrected chi connectivity index (χ2v) is 6.07. The topological polar surface area (TPSA) is 44.2 Å². The summed E-state index contributed by atoms with van der Waals surface area (Å²) in [6.07, 6.45) is 5.44. The maximum absolute atomic E-state index is 5.86. The summed E-state index contributed by atoms with van der Waals surface area (Å²) < 4.78 is 11.7. The first-order valence-electron chi connectivity index (χ1n) is 7.57. The van der Waals surface area contributed by atoms with Crippen molar-refractivity contribution >= 4 is 0 Å². The highest BCUT2D eigenvalue weighted by molar-refractivity contribution is 5.70. The van der Waals surface area contributed by atoms with Gasteiger partial charge in [0.05, 0.1) is 24.6 Å². The molecule has 1 fully saturated rings. The molecule has 1 saturated heterocycles. The van der Waals surface area contributed by atoms with Gasteiger partial charge in [-0.25, -0.2) is 0 Å². The van der Waals surface area contributed by atoms with E-state index in [1.54, 1.807) is 0 Å². The fourth-order valence-corrected chi connectivity index (χ4v) is 3.78. The van der Waals surface area contributed by atoms with Gasteiger partial charge in [-0.1, -0.05) is 12.1 Å². The van der Waals surface area contributed by atoms with Gasteiger partial charge in [0, 0.05) is 31.2 Å². The van der Waals surface area contributed by atoms with Crippen molar-refractivity contribution in [3.05, 3.63) is 46.8 Å². The zero-order valence-corrected chi connectivity index (χ0v) is 11.8. The Kier molecular flexibility index (Phi) is 2.32. The van der Waals surface area contributed by atoms with Gasteiger partial charge in [0.25, 0.3) is 0 Å². The van der Waals surface area contributed by atoms with Gasteiger partial charge >= 0.3 is 0 Å². The molecule has 1 aliphatic heterocycles. The summed E-state index contributed by atoms with van der Waals surface area (Å²) in [4.78, 5) is 9.42. The number of pyridine rings is 2. The Hall–Kier alpha value is -1.78. The van der Waals surface area contributed by atoms with Gasteiger partial charge in [-0.15, -0.1) is 0 Å². The molecule has 4 nitrogen and oxygen atoms in total. The molecule has 0 atom stereocenters. The molecule has 106 valence electrons. The lowest BCUT2D eigenvalue weighted by molar-refractivity contribution is -0.164. The molecule has 21 heavy (non-hydrogen) atoms. The van der Waals surface area contributed by atoms with E-state index in [2.05, 4.69) is 17.1 Å². The molecule has 3 aliphatic rings. The van der Waals surface area contributed by atoms with Crippen LogP contribution in [0.15, 0.2) is 24.4 Å². The normalized spacial score (nSPS) is 21.1. The SMILES string of the molecule is c1cnc2c(c1)Cc1cc3c(nc1-2)CCC1(C3)OCCO1. The maximum atomic E-state index is 5.86. The van der Waals surface area contributed by atoms with Gasteiger partial charge in [0.1, 0.15) is 0 Å². The second-order valence-electron chi connectivity index (χ2n) is 6.07. The zero-order chi connectivity index (χ0) is 13.9. The summed E-state index contributed by atoms with van der Waals surface area (Å²) in [5, 5.41) is 0. The minimum absolute atomic E-state index is 0.382. The number of aryl methyl sites for hydroxylation is 1. The molecular formula is C17H16N2O2. The Morgan fingerprint density at radius 1 is 1.05 bits per heavy atom. The third kappa shape index (κ3) is 1.69. The number of fused-ring (bicyclic) bond motifs is 4. The molecule has 0 amide bonds. The molecule has 2 aromatic heterocycles. The highest BCUT2D eigenvalue weighted by Gasteiger charge is 2.41. The summed E-state index contributed by atoms with van der Waals surface area (Å²) in [6.45, 7) is 1.42. The Labute approximate surface area is 123 Å². The van der Waals surface area contributed by atoms with Crippen LogP contribution in [0.3, 0.4) is 0 Å². The van der Waals surface area contributed by atoms with E-state index in [0.29, 0.717) is 13.2 Å². The van der Waals surface area contributed by atoms with E-state index < -0.39 is 0 Å². The molecular weight excluding hydrogens is 264 g/mol. The van der Waals surface area contributed by atoms with Gasteiger partial charge in [-0.3, -0.25) is 9.97 Å². The number of hydrogen-bond acceptors (Lipinski definition) is 4. The first-order valence-corrected chi connectivity index (χ1v) is 7.57. The number of rotatable bonds is 0. The predicted molar refractivity (Wildman–Crippen MR) is 76.9 cm³/mol. The van der Waals surface area contributed by atoms with E-state index in [9.17, 15) is 0 Å². The van der Waals surface area contributed by atoms with E-state index in [-0.39, 0.29) is 5.79 Å². The van der Waals surface area contributed by atoms with Gasteiger partial charge in [0.15, 0.2) is 5.79 Å². The summed E-state index contributed by atoms with van der Waals surface area (Å²) in [5.41, 5.74) is 7.19. The molecule has 2 aromatic rings. The van der Waals surface area contributed by atoms with Gasteiger partial charge < -0.3 is 9.47 Å². The molecule has 0 N–H and O–H groups in total. The molecule has 5 rings (SSSR count). The monoisotopic (exact) mass is 280 g/mol. The standard InChI is InChI=1S/C17H16N2O2/c1-2-11-8-12-9-13-10-17(20-6-7-21-17)4-3-14(13)19-16(12)15(11)18-5-1/h1-2,5,9H,3-4,6-8,10H2. The van der Waals surface area contributed by atoms with Crippen LogP contribution in [-0.2, 0) is 28.7 Å². The fraction of sp³-hybridized carbons (Fsp3) is 0.412. The molecule has 3 heterocycles. The summed E-state index contributed by atoms with van der Waals surface area (Å²) in [7, 11) is 0. The van der Waals surface area contributed by atoms with Gasteiger partial charge in [0.2, 0.25) is 0 Å². The molecule has 0 aromatic carbocycles. The minimum Gasteiger partial charge on any atom is -0.347 e. The largest absolute Gasteiger partial charge is 0.347 e. The van der Waals surface area contributed by atoms with E-state index in [1.165, 1.54) is 22.4 Å². The smallest absolute Gasteiger partial charge is 0.172 e. The van der Waals surface area contributed by atoms with E-state index in [4.69, 9.17) is 14.5 Å². The lowest BCUT2D eigenvalue weighted by Gasteiger charge is -2.32. The molecule has 0 radical (unpaired) electrons. The van der Waals surface area contributed by atoms with Crippen LogP contribution in [0.5, 0.6) is 0 Å². The molecule has 2 aliphatic carbocycles. The quantitative estimate of drug-likeness (QED) is 0.633. The summed E-state index contributed by atoms with van der Waals surface area (Å²) >= 11 is 0. The molecule has 0 bridgehead atoms. The van der Waals surface area contributed by atoms with Crippen LogP contribution < -0.4 is 0 Å². The number of ether oxygens (including phenoxy) is 2. The molecule has 0 unspecified atom stereocenters. The van der Waals surface area contributed by atoms with Crippen molar-refractivity contribution in [3.63, 3.8) is 0 Å². The van der Waals surface area contributed by atoms with Crippen molar-refractivity contribution in [1.29, 1.82) is 0 Å². The first kappa shape index (κ1) is 11.8. The lowest BCUT2D eigenvalue weighted by Crippen LogP contribution is -2.37. The number of nitrogens with zero attached hydrogens (tertiary/aromatic N) is 2. The van der Waals surface area contributed by atoms with Crippen LogP contribution in [0.25, 0.3) is 11.4 Å². The molecule has 1 spiro atoms. The average molecular weight is 280 g/mol. The number of hydrogen-bond donors (Lipinski definition) is 0. The predicted octanol–water partition coefficient (Wildman–Crippen LogP) is 2.28. The van der Waals surface area contributed by atoms with Crippen molar-refractivity contribution in [1.82, 2.24) is 9.97 Å². The van der Waals surface area contributed by atoms with Crippen LogP contribution in [0.4, 0.5) is 0 Å². The van der Waals surface area contributed by atoms with Crippen LogP contribution in [0, 0.1) is 0 Å². The van der Waals surface area contributed by atoms with Crippen molar-refractivity contribution in [2.45, 2.75) is 31.5 Å². The Morgan fingerprint density at radius 2 is 1.95 bits per heavy atom. The molecule has 4 heteroatoms. The highest BCUT2D eigenvalue weighted by Crippen LogP contribution is 2.39. The van der Waals surface area contributed by atoms with Crippen LogP contribution in [-0.4, -0.2) is 29.0 Å². The van der Waals surface area contributed by atoms with Crippen LogP contribution in [0.2, 0.25) is 0 Å². The van der Waals surface area contributed by atoms with Gasteiger partial charge in [-0.2, -0.15) is 0 Å². The Morgan fingerprint density at radius 3 is 2.86 bits per heavy atom. The van der Waals surface area contributed by atoms with Crippen molar-refractivity contribution in [2.75, 3.05) is 13.2 Å². The summed E-state index contributed by atoms with van der Waals surface area (Å²) in [6, 6.07) is 6.44. The lowest BCUT2D eigenvalue weighted by atomic mass is 9.89. The van der Waals surface area contributed by atoms with Gasteiger partial charge in [-0.05, 0) is 29.2 Å². The third-order valence-electron chi connectivity index (χ3n) is 4.78. The minimum atomic E-state index is -0.382. The van der Waals surface area contributed by atoms with E-state index in [0.717, 1.165) is 37.1 Å². The second kappa shape index (κ2) is 4.12. The van der Waals surface area contributed by atoms with Crippen molar-refractivity contribution in [3.8, 4) is 11.4 Å². The van der Waals surface area contributed by atoms with E-state index >= 15 is 0 Å². The highest BCUT2D eigenvalue weighted by atomic mass is 16.7. The van der Waals surface area contributed by atoms with Crippen LogP contribution >= 0.6 is 0 Å². The average Bonchev–Trinajstić information content (AvgIpc) is 3.09. The number of aromatic nitrogens is 2. The van der Waals surface area contributed by atoms with Crippen molar-refractivity contribution in [2.24, 2.45) is 0 Å². The fourth-order valence-electron chi connectivity index (χ4n) is 3.78. The summed E-state index contributed by atoms with van der Waals surface area (Å²) in [5.74, 6) is -0.382. The Balaban J connectivity index is 1.59. The third-order valence-corrected chi connectivity index (χ3v) is 4.78. The Bertz CT molecular complexity index is 736.